The van der Waals surface area contributed by atoms with Crippen molar-refractivity contribution >= 4 is 23.2 Å². The average Bonchev–Trinajstić information content (AvgIpc) is 2.54. The second-order valence-electron chi connectivity index (χ2n) is 5.78. The maximum atomic E-state index is 5.95. The molecule has 1 aromatic rings. The van der Waals surface area contributed by atoms with Crippen LogP contribution >= 0.6 is 23.2 Å². The molecule has 0 spiro atoms. The summed E-state index contributed by atoms with van der Waals surface area (Å²) in [5.41, 5.74) is 0. The summed E-state index contributed by atoms with van der Waals surface area (Å²) in [6, 6.07) is 5.37. The van der Waals surface area contributed by atoms with Crippen molar-refractivity contribution in [2.45, 2.75) is 32.1 Å². The minimum atomic E-state index is 0.537. The Kier molecular flexibility index (Phi) is 8.38. The van der Waals surface area contributed by atoms with Crippen LogP contribution < -0.4 is 10.1 Å². The Morgan fingerprint density at radius 3 is 2.55 bits per heavy atom. The highest BCUT2D eigenvalue weighted by Gasteiger charge is 2.08. The molecule has 5 heteroatoms. The van der Waals surface area contributed by atoms with E-state index in [0.717, 1.165) is 25.3 Å². The Morgan fingerprint density at radius 1 is 1.00 bits per heavy atom. The van der Waals surface area contributed by atoms with E-state index in [4.69, 9.17) is 27.9 Å². The van der Waals surface area contributed by atoms with Gasteiger partial charge in [0.15, 0.2) is 0 Å². The number of nitrogens with zero attached hydrogens (tertiary/aromatic N) is 1. The molecule has 1 aliphatic rings. The summed E-state index contributed by atoms with van der Waals surface area (Å²) >= 11 is 11.8. The number of likely N-dealkylation sites (tertiary alicyclic amines) is 1. The van der Waals surface area contributed by atoms with Crippen LogP contribution in [0.2, 0.25) is 10.0 Å². The fourth-order valence-electron chi connectivity index (χ4n) is 2.69. The van der Waals surface area contributed by atoms with Gasteiger partial charge in [0.2, 0.25) is 0 Å². The zero-order valence-electron chi connectivity index (χ0n) is 13.1. The summed E-state index contributed by atoms with van der Waals surface area (Å²) in [6.07, 6.45) is 6.38. The van der Waals surface area contributed by atoms with Crippen LogP contribution in [-0.2, 0) is 0 Å². The number of ether oxygens (including phenoxy) is 1. The largest absolute Gasteiger partial charge is 0.493 e. The zero-order valence-corrected chi connectivity index (χ0v) is 14.6. The van der Waals surface area contributed by atoms with E-state index in [1.165, 1.54) is 45.3 Å². The van der Waals surface area contributed by atoms with Crippen molar-refractivity contribution in [1.82, 2.24) is 10.2 Å². The predicted molar refractivity (Wildman–Crippen MR) is 94.4 cm³/mol. The van der Waals surface area contributed by atoms with Crippen molar-refractivity contribution in [2.75, 3.05) is 39.3 Å². The van der Waals surface area contributed by atoms with Crippen LogP contribution in [0.4, 0.5) is 0 Å². The lowest BCUT2D eigenvalue weighted by Gasteiger charge is -2.26. The molecule has 124 valence electrons. The summed E-state index contributed by atoms with van der Waals surface area (Å²) in [5.74, 6) is 0.777. The van der Waals surface area contributed by atoms with Crippen molar-refractivity contribution in [1.29, 1.82) is 0 Å². The molecule has 0 saturated carbocycles. The van der Waals surface area contributed by atoms with E-state index in [9.17, 15) is 0 Å². The lowest BCUT2D eigenvalue weighted by molar-refractivity contribution is 0.225. The van der Waals surface area contributed by atoms with Crippen molar-refractivity contribution in [3.8, 4) is 5.75 Å². The van der Waals surface area contributed by atoms with Gasteiger partial charge >= 0.3 is 0 Å². The molecule has 0 aromatic heterocycles. The summed E-state index contributed by atoms with van der Waals surface area (Å²) in [5, 5.41) is 4.57. The molecule has 0 amide bonds. The third kappa shape index (κ3) is 6.74. The van der Waals surface area contributed by atoms with Gasteiger partial charge in [-0.2, -0.15) is 0 Å². The molecule has 22 heavy (non-hydrogen) atoms. The van der Waals surface area contributed by atoms with Gasteiger partial charge in [0.05, 0.1) is 16.7 Å². The zero-order chi connectivity index (χ0) is 15.6. The Labute approximate surface area is 143 Å². The maximum Gasteiger partial charge on any atom is 0.120 e. The molecule has 0 atom stereocenters. The Bertz CT molecular complexity index is 437. The first kappa shape index (κ1) is 17.9. The van der Waals surface area contributed by atoms with Gasteiger partial charge in [0.25, 0.3) is 0 Å². The van der Waals surface area contributed by atoms with Gasteiger partial charge in [-0.1, -0.05) is 29.6 Å². The number of rotatable bonds is 9. The van der Waals surface area contributed by atoms with E-state index in [1.807, 2.05) is 6.07 Å². The normalized spacial score (nSPS) is 15.9. The second-order valence-corrected chi connectivity index (χ2v) is 6.60. The second kappa shape index (κ2) is 10.3. The number of hydrogen-bond acceptors (Lipinski definition) is 3. The van der Waals surface area contributed by atoms with E-state index in [1.54, 1.807) is 12.1 Å². The Morgan fingerprint density at radius 2 is 1.77 bits per heavy atom. The Hall–Kier alpha value is -0.480. The first-order valence-corrected chi connectivity index (χ1v) is 9.02. The maximum absolute atomic E-state index is 5.95. The molecule has 0 radical (unpaired) electrons. The lowest BCUT2D eigenvalue weighted by atomic mass is 10.1. The van der Waals surface area contributed by atoms with Crippen LogP contribution in [0, 0.1) is 0 Å². The molecule has 3 nitrogen and oxygen atoms in total. The standard InChI is InChI=1S/C17H26Cl2N2O/c18-16-7-6-15(14-17(16)19)22-13-5-9-20-8-4-12-21-10-2-1-3-11-21/h6-7,14,20H,1-5,8-13H2. The molecule has 1 aromatic carbocycles. The van der Waals surface area contributed by atoms with Gasteiger partial charge in [0, 0.05) is 6.07 Å². The summed E-state index contributed by atoms with van der Waals surface area (Å²) < 4.78 is 5.65. The molecular formula is C17H26Cl2N2O. The topological polar surface area (TPSA) is 24.5 Å². The van der Waals surface area contributed by atoms with Crippen molar-refractivity contribution < 1.29 is 4.74 Å². The van der Waals surface area contributed by atoms with E-state index in [0.29, 0.717) is 16.7 Å². The number of piperidine rings is 1. The van der Waals surface area contributed by atoms with Gasteiger partial charge in [-0.15, -0.1) is 0 Å². The predicted octanol–water partition coefficient (Wildman–Crippen LogP) is 4.23. The van der Waals surface area contributed by atoms with E-state index in [-0.39, 0.29) is 0 Å². The highest BCUT2D eigenvalue weighted by atomic mass is 35.5. The molecule has 1 fully saturated rings. The molecule has 1 heterocycles. The van der Waals surface area contributed by atoms with E-state index >= 15 is 0 Å². The minimum absolute atomic E-state index is 0.537. The minimum Gasteiger partial charge on any atom is -0.493 e. The third-order valence-electron chi connectivity index (χ3n) is 3.93. The lowest BCUT2D eigenvalue weighted by Crippen LogP contribution is -2.32. The van der Waals surface area contributed by atoms with Crippen LogP contribution in [-0.4, -0.2) is 44.2 Å². The highest BCUT2D eigenvalue weighted by molar-refractivity contribution is 6.42. The van der Waals surface area contributed by atoms with Crippen LogP contribution in [0.1, 0.15) is 32.1 Å². The Balaban J connectivity index is 1.44. The van der Waals surface area contributed by atoms with Crippen molar-refractivity contribution in [3.63, 3.8) is 0 Å². The smallest absolute Gasteiger partial charge is 0.120 e. The van der Waals surface area contributed by atoms with Crippen molar-refractivity contribution in [2.24, 2.45) is 0 Å². The number of halogens is 2. The van der Waals surface area contributed by atoms with Gasteiger partial charge < -0.3 is 15.0 Å². The summed E-state index contributed by atoms with van der Waals surface area (Å²) in [4.78, 5) is 2.58. The number of nitrogens with one attached hydrogen (secondary N) is 1. The van der Waals surface area contributed by atoms with Crippen LogP contribution in [0.15, 0.2) is 18.2 Å². The molecule has 0 aliphatic carbocycles. The SMILES string of the molecule is Clc1ccc(OCCCNCCCN2CCCCC2)cc1Cl. The van der Waals surface area contributed by atoms with Gasteiger partial charge in [-0.3, -0.25) is 0 Å². The molecule has 1 N–H and O–H groups in total. The summed E-state index contributed by atoms with van der Waals surface area (Å²) in [7, 11) is 0. The first-order valence-electron chi connectivity index (χ1n) is 8.26. The molecule has 2 rings (SSSR count). The fraction of sp³-hybridized carbons (Fsp3) is 0.647. The fourth-order valence-corrected chi connectivity index (χ4v) is 2.98. The van der Waals surface area contributed by atoms with Crippen LogP contribution in [0.5, 0.6) is 5.75 Å². The molecular weight excluding hydrogens is 319 g/mol. The number of hydrogen-bond donors (Lipinski definition) is 1. The highest BCUT2D eigenvalue weighted by Crippen LogP contribution is 2.26. The third-order valence-corrected chi connectivity index (χ3v) is 4.67. The average molecular weight is 345 g/mol. The molecule has 0 unspecified atom stereocenters. The van der Waals surface area contributed by atoms with E-state index < -0.39 is 0 Å². The summed E-state index contributed by atoms with van der Waals surface area (Å²) in [6.45, 7) is 6.57. The van der Waals surface area contributed by atoms with Crippen LogP contribution in [0.3, 0.4) is 0 Å². The van der Waals surface area contributed by atoms with Gasteiger partial charge in [0.1, 0.15) is 5.75 Å². The molecule has 0 bridgehead atoms. The van der Waals surface area contributed by atoms with Gasteiger partial charge in [-0.05, 0) is 70.5 Å². The van der Waals surface area contributed by atoms with E-state index in [2.05, 4.69) is 10.2 Å². The number of benzene rings is 1. The molecule has 1 saturated heterocycles. The van der Waals surface area contributed by atoms with Gasteiger partial charge in [-0.25, -0.2) is 0 Å². The quantitative estimate of drug-likeness (QED) is 0.678. The molecule has 1 aliphatic heterocycles. The van der Waals surface area contributed by atoms with Crippen LogP contribution in [0.25, 0.3) is 0 Å². The van der Waals surface area contributed by atoms with Crippen molar-refractivity contribution in [3.05, 3.63) is 28.2 Å². The monoisotopic (exact) mass is 344 g/mol. The first-order chi connectivity index (χ1) is 10.8.